The maximum Gasteiger partial charge on any atom is 0.433 e. The largest absolute Gasteiger partial charge is 0.497 e. The first-order valence-corrected chi connectivity index (χ1v) is 10.5. The topological polar surface area (TPSA) is 97.7 Å². The molecule has 37 heavy (non-hydrogen) atoms. The summed E-state index contributed by atoms with van der Waals surface area (Å²) in [5, 5.41) is 5.64. The highest BCUT2D eigenvalue weighted by Gasteiger charge is 2.33. The Balaban J connectivity index is 1.68. The number of nitrogens with zero attached hydrogens (tertiary/aromatic N) is 5. The molecule has 0 aliphatic rings. The summed E-state index contributed by atoms with van der Waals surface area (Å²) in [5.41, 5.74) is -1.69. The van der Waals surface area contributed by atoms with Gasteiger partial charge in [-0.05, 0) is 29.8 Å². The molecule has 0 radical (unpaired) electrons. The predicted octanol–water partition coefficient (Wildman–Crippen LogP) is 5.73. The fourth-order valence-electron chi connectivity index (χ4n) is 3.08. The van der Waals surface area contributed by atoms with E-state index < -0.39 is 23.7 Å². The third-order valence-corrected chi connectivity index (χ3v) is 4.84. The molecule has 3 aromatic heterocycles. The van der Waals surface area contributed by atoms with Gasteiger partial charge in [0.25, 0.3) is 0 Å². The molecule has 14 heteroatoms. The fourth-order valence-corrected chi connectivity index (χ4v) is 3.08. The molecule has 0 saturated carbocycles. The molecule has 0 spiro atoms. The van der Waals surface area contributed by atoms with Crippen LogP contribution in [0.1, 0.15) is 17.0 Å². The molecule has 1 aromatic carbocycles. The lowest BCUT2D eigenvalue weighted by Crippen LogP contribution is -2.11. The summed E-state index contributed by atoms with van der Waals surface area (Å²) >= 11 is 0. The first-order valence-electron chi connectivity index (χ1n) is 10.5. The minimum Gasteiger partial charge on any atom is -0.497 e. The van der Waals surface area contributed by atoms with Crippen LogP contribution in [-0.4, -0.2) is 32.0 Å². The average Bonchev–Trinajstić information content (AvgIpc) is 2.87. The Hall–Kier alpha value is -4.49. The van der Waals surface area contributed by atoms with Crippen LogP contribution in [0.15, 0.2) is 60.9 Å². The van der Waals surface area contributed by atoms with Crippen molar-refractivity contribution in [1.29, 1.82) is 0 Å². The molecule has 0 unspecified atom stereocenters. The van der Waals surface area contributed by atoms with Crippen LogP contribution in [0.4, 0.5) is 43.8 Å². The molecule has 0 aliphatic heterocycles. The Morgan fingerprint density at radius 3 is 2.14 bits per heavy atom. The van der Waals surface area contributed by atoms with Crippen molar-refractivity contribution in [3.05, 3.63) is 77.9 Å². The number of benzene rings is 1. The minimum atomic E-state index is -4.71. The van der Waals surface area contributed by atoms with Gasteiger partial charge in [-0.2, -0.15) is 26.3 Å². The normalized spacial score (nSPS) is 11.8. The Morgan fingerprint density at radius 1 is 0.757 bits per heavy atom. The van der Waals surface area contributed by atoms with Gasteiger partial charge >= 0.3 is 12.4 Å². The molecule has 3 heterocycles. The summed E-state index contributed by atoms with van der Waals surface area (Å²) in [5.74, 6) is 0.364. The summed E-state index contributed by atoms with van der Waals surface area (Å²) in [6.45, 7) is 0.266. The standard InChI is InChI=1S/C23H17F6N7O/c1-37-14-7-5-13(6-8-14)11-30-19-10-20(34-18-9-17(23(27,28)29)31-12-32-18)36-21(35-19)15-3-2-4-16(33-15)22(24,25)26/h2-10,12H,11H2,1H3,(H2,30,31,32,34,35,36). The van der Waals surface area contributed by atoms with Gasteiger partial charge in [-0.25, -0.2) is 24.9 Å². The van der Waals surface area contributed by atoms with Gasteiger partial charge in [0.05, 0.1) is 7.11 Å². The minimum absolute atomic E-state index is 0.0340. The van der Waals surface area contributed by atoms with E-state index in [1.807, 2.05) is 0 Å². The number of rotatable bonds is 7. The molecule has 2 N–H and O–H groups in total. The van der Waals surface area contributed by atoms with Gasteiger partial charge in [-0.15, -0.1) is 0 Å². The van der Waals surface area contributed by atoms with Crippen LogP contribution in [0.3, 0.4) is 0 Å². The maximum atomic E-state index is 13.2. The van der Waals surface area contributed by atoms with Gasteiger partial charge in [-0.1, -0.05) is 18.2 Å². The van der Waals surface area contributed by atoms with Crippen LogP contribution in [0.5, 0.6) is 5.75 Å². The third kappa shape index (κ3) is 6.59. The van der Waals surface area contributed by atoms with Crippen LogP contribution in [-0.2, 0) is 18.9 Å². The molecule has 8 nitrogen and oxygen atoms in total. The second-order valence-electron chi connectivity index (χ2n) is 7.48. The van der Waals surface area contributed by atoms with Crippen LogP contribution in [0, 0.1) is 0 Å². The monoisotopic (exact) mass is 521 g/mol. The van der Waals surface area contributed by atoms with Crippen LogP contribution < -0.4 is 15.4 Å². The Kier molecular flexibility index (Phi) is 7.09. The van der Waals surface area contributed by atoms with E-state index in [9.17, 15) is 26.3 Å². The quantitative estimate of drug-likeness (QED) is 0.298. The first kappa shape index (κ1) is 25.6. The summed E-state index contributed by atoms with van der Waals surface area (Å²) in [4.78, 5) is 18.9. The molecular formula is C23H17F6N7O. The van der Waals surface area contributed by atoms with E-state index in [-0.39, 0.29) is 35.5 Å². The smallest absolute Gasteiger partial charge is 0.433 e. The van der Waals surface area contributed by atoms with E-state index in [4.69, 9.17) is 4.74 Å². The van der Waals surface area contributed by atoms with Crippen LogP contribution in [0.25, 0.3) is 11.5 Å². The van der Waals surface area contributed by atoms with Crippen molar-refractivity contribution in [3.63, 3.8) is 0 Å². The van der Waals surface area contributed by atoms with Crippen molar-refractivity contribution in [2.75, 3.05) is 17.7 Å². The zero-order valence-corrected chi connectivity index (χ0v) is 18.9. The highest BCUT2D eigenvalue weighted by molar-refractivity contribution is 5.62. The SMILES string of the molecule is COc1ccc(CNc2cc(Nc3cc(C(F)(F)F)ncn3)nc(-c3cccc(C(F)(F)F)n3)n2)cc1. The molecule has 0 aliphatic carbocycles. The molecule has 0 bridgehead atoms. The molecule has 192 valence electrons. The lowest BCUT2D eigenvalue weighted by molar-refractivity contribution is -0.141. The molecule has 4 rings (SSSR count). The van der Waals surface area contributed by atoms with Gasteiger partial charge in [0.2, 0.25) is 0 Å². The van der Waals surface area contributed by atoms with Crippen molar-refractivity contribution in [2.45, 2.75) is 18.9 Å². The second-order valence-corrected chi connectivity index (χ2v) is 7.48. The van der Waals surface area contributed by atoms with Crippen molar-refractivity contribution < 1.29 is 31.1 Å². The van der Waals surface area contributed by atoms with Crippen molar-refractivity contribution in [3.8, 4) is 17.3 Å². The third-order valence-electron chi connectivity index (χ3n) is 4.84. The second kappa shape index (κ2) is 10.2. The molecule has 0 saturated heterocycles. The maximum absolute atomic E-state index is 13.2. The fraction of sp³-hybridized carbons (Fsp3) is 0.174. The summed E-state index contributed by atoms with van der Waals surface area (Å²) < 4.78 is 83.8. The van der Waals surface area contributed by atoms with E-state index in [2.05, 4.69) is 35.6 Å². The Morgan fingerprint density at radius 2 is 1.46 bits per heavy atom. The lowest BCUT2D eigenvalue weighted by atomic mass is 10.2. The number of nitrogens with one attached hydrogen (secondary N) is 2. The van der Waals surface area contributed by atoms with E-state index in [1.54, 1.807) is 24.3 Å². The van der Waals surface area contributed by atoms with Gasteiger partial charge < -0.3 is 15.4 Å². The number of halogens is 6. The van der Waals surface area contributed by atoms with Crippen LogP contribution >= 0.6 is 0 Å². The van der Waals surface area contributed by atoms with Gasteiger partial charge in [0.1, 0.15) is 46.6 Å². The number of pyridine rings is 1. The summed E-state index contributed by atoms with van der Waals surface area (Å²) in [7, 11) is 1.53. The predicted molar refractivity (Wildman–Crippen MR) is 121 cm³/mol. The Bertz CT molecular complexity index is 1380. The Labute approximate surface area is 205 Å². The van der Waals surface area contributed by atoms with Crippen molar-refractivity contribution in [2.24, 2.45) is 0 Å². The average molecular weight is 521 g/mol. The molecule has 0 atom stereocenters. The summed E-state index contributed by atoms with van der Waals surface area (Å²) in [6.07, 6.45) is -8.68. The number of anilines is 3. The number of aromatic nitrogens is 5. The van der Waals surface area contributed by atoms with Crippen molar-refractivity contribution >= 4 is 17.5 Å². The highest BCUT2D eigenvalue weighted by atomic mass is 19.4. The number of hydrogen-bond acceptors (Lipinski definition) is 8. The molecule has 0 fully saturated rings. The van der Waals surface area contributed by atoms with Crippen LogP contribution in [0.2, 0.25) is 0 Å². The first-order chi connectivity index (χ1) is 17.5. The zero-order valence-electron chi connectivity index (χ0n) is 18.9. The van der Waals surface area contributed by atoms with E-state index in [1.165, 1.54) is 19.2 Å². The zero-order chi connectivity index (χ0) is 26.6. The van der Waals surface area contributed by atoms with Gasteiger partial charge in [0, 0.05) is 18.7 Å². The van der Waals surface area contributed by atoms with E-state index in [0.717, 1.165) is 24.0 Å². The number of ether oxygens (including phenoxy) is 1. The summed E-state index contributed by atoms with van der Waals surface area (Å²) in [6, 6.07) is 12.4. The van der Waals surface area contributed by atoms with Gasteiger partial charge in [-0.3, -0.25) is 0 Å². The lowest BCUT2D eigenvalue weighted by Gasteiger charge is -2.13. The molecule has 0 amide bonds. The molecular weight excluding hydrogens is 504 g/mol. The number of alkyl halides is 6. The number of hydrogen-bond donors (Lipinski definition) is 2. The number of methoxy groups -OCH3 is 1. The molecule has 4 aromatic rings. The highest BCUT2D eigenvalue weighted by Crippen LogP contribution is 2.31. The van der Waals surface area contributed by atoms with E-state index >= 15 is 0 Å². The van der Waals surface area contributed by atoms with Gasteiger partial charge in [0.15, 0.2) is 5.82 Å². The van der Waals surface area contributed by atoms with E-state index in [0.29, 0.717) is 11.8 Å². The van der Waals surface area contributed by atoms with Crippen molar-refractivity contribution in [1.82, 2.24) is 24.9 Å².